The highest BCUT2D eigenvalue weighted by Crippen LogP contribution is 2.29. The summed E-state index contributed by atoms with van der Waals surface area (Å²) in [5, 5.41) is 3.49. The van der Waals surface area contributed by atoms with Crippen LogP contribution < -0.4 is 5.32 Å². The van der Waals surface area contributed by atoms with Gasteiger partial charge >= 0.3 is 0 Å². The Morgan fingerprint density at radius 3 is 2.14 bits per heavy atom. The van der Waals surface area contributed by atoms with Crippen LogP contribution in [-0.4, -0.2) is 12.1 Å². The van der Waals surface area contributed by atoms with Gasteiger partial charge in [0.25, 0.3) is 0 Å². The zero-order valence-electron chi connectivity index (χ0n) is 9.72. The normalized spacial score (nSPS) is 29.9. The standard InChI is InChI=1S/C13H23N/c1-5-11(4)14-13-8-6-12(7-9-13)10(2)3/h1,10-14H,6-9H2,2-4H3. The van der Waals surface area contributed by atoms with E-state index in [-0.39, 0.29) is 6.04 Å². The Bertz CT molecular complexity index is 194. The van der Waals surface area contributed by atoms with E-state index in [2.05, 4.69) is 32.0 Å². The average Bonchev–Trinajstić information content (AvgIpc) is 2.18. The minimum absolute atomic E-state index is 0.232. The van der Waals surface area contributed by atoms with Crippen LogP contribution in [0.1, 0.15) is 46.5 Å². The van der Waals surface area contributed by atoms with E-state index in [9.17, 15) is 0 Å². The number of hydrogen-bond acceptors (Lipinski definition) is 1. The van der Waals surface area contributed by atoms with Gasteiger partial charge in [0, 0.05) is 6.04 Å². The first-order valence-corrected chi connectivity index (χ1v) is 5.85. The Morgan fingerprint density at radius 1 is 1.14 bits per heavy atom. The summed E-state index contributed by atoms with van der Waals surface area (Å²) < 4.78 is 0. The molecule has 1 unspecified atom stereocenters. The highest BCUT2D eigenvalue weighted by Gasteiger charge is 2.23. The summed E-state index contributed by atoms with van der Waals surface area (Å²) in [6.07, 6.45) is 10.7. The molecule has 0 amide bonds. The van der Waals surface area contributed by atoms with Crippen LogP contribution in [0.25, 0.3) is 0 Å². The van der Waals surface area contributed by atoms with Crippen molar-refractivity contribution in [3.8, 4) is 12.3 Å². The van der Waals surface area contributed by atoms with E-state index >= 15 is 0 Å². The molecule has 80 valence electrons. The van der Waals surface area contributed by atoms with Crippen LogP contribution in [0, 0.1) is 24.2 Å². The lowest BCUT2D eigenvalue weighted by atomic mass is 9.79. The molecular formula is C13H23N. The molecule has 0 aliphatic heterocycles. The Labute approximate surface area is 88.7 Å². The van der Waals surface area contributed by atoms with Gasteiger partial charge in [0.15, 0.2) is 0 Å². The van der Waals surface area contributed by atoms with Crippen LogP contribution in [0.2, 0.25) is 0 Å². The summed E-state index contributed by atoms with van der Waals surface area (Å²) in [5.74, 6) is 4.52. The Hall–Kier alpha value is -0.480. The first kappa shape index (κ1) is 11.6. The number of terminal acetylenes is 1. The molecule has 1 atom stereocenters. The SMILES string of the molecule is C#CC(C)NC1CCC(C(C)C)CC1. The van der Waals surface area contributed by atoms with E-state index in [1.54, 1.807) is 0 Å². The molecule has 0 heterocycles. The van der Waals surface area contributed by atoms with Crippen LogP contribution in [0.5, 0.6) is 0 Å². The number of hydrogen-bond donors (Lipinski definition) is 1. The van der Waals surface area contributed by atoms with Gasteiger partial charge in [0.1, 0.15) is 0 Å². The predicted octanol–water partition coefficient (Wildman–Crippen LogP) is 2.81. The highest BCUT2D eigenvalue weighted by molar-refractivity contribution is 4.97. The monoisotopic (exact) mass is 193 g/mol. The predicted molar refractivity (Wildman–Crippen MR) is 62.0 cm³/mol. The van der Waals surface area contributed by atoms with E-state index in [0.717, 1.165) is 11.8 Å². The Morgan fingerprint density at radius 2 is 1.71 bits per heavy atom. The maximum Gasteiger partial charge on any atom is 0.0660 e. The molecular weight excluding hydrogens is 170 g/mol. The van der Waals surface area contributed by atoms with Crippen LogP contribution in [0.3, 0.4) is 0 Å². The van der Waals surface area contributed by atoms with E-state index in [4.69, 9.17) is 6.42 Å². The van der Waals surface area contributed by atoms with Crippen molar-refractivity contribution in [3.05, 3.63) is 0 Å². The van der Waals surface area contributed by atoms with Gasteiger partial charge in [-0.2, -0.15) is 0 Å². The third-order valence-corrected chi connectivity index (χ3v) is 3.45. The maximum absolute atomic E-state index is 5.35. The largest absolute Gasteiger partial charge is 0.301 e. The smallest absolute Gasteiger partial charge is 0.0660 e. The van der Waals surface area contributed by atoms with E-state index in [1.165, 1.54) is 25.7 Å². The lowest BCUT2D eigenvalue weighted by Gasteiger charge is -2.32. The van der Waals surface area contributed by atoms with Crippen molar-refractivity contribution < 1.29 is 0 Å². The van der Waals surface area contributed by atoms with E-state index in [1.807, 2.05) is 0 Å². The van der Waals surface area contributed by atoms with E-state index < -0.39 is 0 Å². The summed E-state index contributed by atoms with van der Waals surface area (Å²) in [5.41, 5.74) is 0. The minimum atomic E-state index is 0.232. The molecule has 0 aromatic rings. The molecule has 0 aromatic heterocycles. The van der Waals surface area contributed by atoms with Crippen molar-refractivity contribution in [2.24, 2.45) is 11.8 Å². The van der Waals surface area contributed by atoms with Gasteiger partial charge in [-0.25, -0.2) is 0 Å². The molecule has 0 radical (unpaired) electrons. The van der Waals surface area contributed by atoms with Gasteiger partial charge in [0.05, 0.1) is 6.04 Å². The van der Waals surface area contributed by atoms with E-state index in [0.29, 0.717) is 6.04 Å². The first-order valence-electron chi connectivity index (χ1n) is 5.85. The summed E-state index contributed by atoms with van der Waals surface area (Å²) in [4.78, 5) is 0. The average molecular weight is 193 g/mol. The van der Waals surface area contributed by atoms with Crippen molar-refractivity contribution in [1.29, 1.82) is 0 Å². The molecule has 0 saturated heterocycles. The van der Waals surface area contributed by atoms with Gasteiger partial charge in [-0.3, -0.25) is 0 Å². The third-order valence-electron chi connectivity index (χ3n) is 3.45. The number of rotatable bonds is 3. The van der Waals surface area contributed by atoms with Crippen LogP contribution in [-0.2, 0) is 0 Å². The zero-order valence-corrected chi connectivity index (χ0v) is 9.72. The quantitative estimate of drug-likeness (QED) is 0.680. The van der Waals surface area contributed by atoms with Gasteiger partial charge < -0.3 is 5.32 Å². The fourth-order valence-electron chi connectivity index (χ4n) is 2.35. The van der Waals surface area contributed by atoms with Crippen LogP contribution >= 0.6 is 0 Å². The van der Waals surface area contributed by atoms with Crippen molar-refractivity contribution in [2.45, 2.75) is 58.5 Å². The number of nitrogens with one attached hydrogen (secondary N) is 1. The molecule has 1 aliphatic carbocycles. The second-order valence-electron chi connectivity index (χ2n) is 4.91. The van der Waals surface area contributed by atoms with Gasteiger partial charge in [-0.05, 0) is 44.4 Å². The fraction of sp³-hybridized carbons (Fsp3) is 0.846. The second-order valence-corrected chi connectivity index (χ2v) is 4.91. The third kappa shape index (κ3) is 3.35. The van der Waals surface area contributed by atoms with Crippen molar-refractivity contribution >= 4 is 0 Å². The van der Waals surface area contributed by atoms with Gasteiger partial charge in [0.2, 0.25) is 0 Å². The second kappa shape index (κ2) is 5.41. The molecule has 0 aromatic carbocycles. The molecule has 1 heteroatoms. The molecule has 0 bridgehead atoms. The maximum atomic E-state index is 5.35. The summed E-state index contributed by atoms with van der Waals surface area (Å²) >= 11 is 0. The molecule has 14 heavy (non-hydrogen) atoms. The molecule has 1 N–H and O–H groups in total. The van der Waals surface area contributed by atoms with Crippen LogP contribution in [0.4, 0.5) is 0 Å². The highest BCUT2D eigenvalue weighted by atomic mass is 14.9. The molecule has 1 aliphatic rings. The summed E-state index contributed by atoms with van der Waals surface area (Å²) in [6.45, 7) is 6.74. The van der Waals surface area contributed by atoms with Crippen molar-refractivity contribution in [2.75, 3.05) is 0 Å². The molecule has 1 fully saturated rings. The Balaban J connectivity index is 2.26. The molecule has 1 nitrogen and oxygen atoms in total. The Kier molecular flexibility index (Phi) is 4.48. The zero-order chi connectivity index (χ0) is 10.6. The molecule has 1 saturated carbocycles. The van der Waals surface area contributed by atoms with Crippen molar-refractivity contribution in [3.63, 3.8) is 0 Å². The topological polar surface area (TPSA) is 12.0 Å². The molecule has 1 rings (SSSR count). The van der Waals surface area contributed by atoms with Crippen molar-refractivity contribution in [1.82, 2.24) is 5.32 Å². The fourth-order valence-corrected chi connectivity index (χ4v) is 2.35. The van der Waals surface area contributed by atoms with Gasteiger partial charge in [-0.15, -0.1) is 6.42 Å². The lowest BCUT2D eigenvalue weighted by Crippen LogP contribution is -2.38. The molecule has 0 spiro atoms. The minimum Gasteiger partial charge on any atom is -0.301 e. The van der Waals surface area contributed by atoms with Gasteiger partial charge in [-0.1, -0.05) is 19.8 Å². The first-order chi connectivity index (χ1) is 6.63. The summed E-state index contributed by atoms with van der Waals surface area (Å²) in [6, 6.07) is 0.895. The summed E-state index contributed by atoms with van der Waals surface area (Å²) in [7, 11) is 0. The van der Waals surface area contributed by atoms with Crippen LogP contribution in [0.15, 0.2) is 0 Å². The lowest BCUT2D eigenvalue weighted by molar-refractivity contribution is 0.236.